The lowest BCUT2D eigenvalue weighted by Gasteiger charge is -2.43. The highest BCUT2D eigenvalue weighted by molar-refractivity contribution is 5.74. The van der Waals surface area contributed by atoms with Crippen LogP contribution in [0.5, 0.6) is 0 Å². The predicted octanol–water partition coefficient (Wildman–Crippen LogP) is 5.67. The van der Waals surface area contributed by atoms with E-state index in [1.165, 1.54) is 62.7 Å². The van der Waals surface area contributed by atoms with Crippen molar-refractivity contribution in [1.29, 1.82) is 0 Å². The fourth-order valence-corrected chi connectivity index (χ4v) is 9.52. The molecule has 1 spiro atoms. The predicted molar refractivity (Wildman–Crippen MR) is 129 cm³/mol. The summed E-state index contributed by atoms with van der Waals surface area (Å²) in [5.74, 6) is 2.34. The van der Waals surface area contributed by atoms with Gasteiger partial charge in [0.25, 0.3) is 0 Å². The first-order valence-corrected chi connectivity index (χ1v) is 13.5. The van der Waals surface area contributed by atoms with Gasteiger partial charge in [0.15, 0.2) is 0 Å². The van der Waals surface area contributed by atoms with Crippen molar-refractivity contribution in [2.45, 2.75) is 76.7 Å². The average Bonchev–Trinajstić information content (AvgIpc) is 3.37. The van der Waals surface area contributed by atoms with Crippen molar-refractivity contribution >= 4 is 0 Å². The molecule has 4 heteroatoms. The third-order valence-electron chi connectivity index (χ3n) is 10.5. The second-order valence-corrected chi connectivity index (χ2v) is 11.5. The lowest BCUT2D eigenvalue weighted by molar-refractivity contribution is -0.00417. The van der Waals surface area contributed by atoms with Crippen LogP contribution in [0.25, 0.3) is 0 Å². The molecule has 4 nitrogen and oxygen atoms in total. The van der Waals surface area contributed by atoms with E-state index in [2.05, 4.69) is 11.8 Å². The van der Waals surface area contributed by atoms with Crippen molar-refractivity contribution in [2.75, 3.05) is 40.5 Å². The number of ether oxygens (including phenoxy) is 3. The zero-order chi connectivity index (χ0) is 22.4. The number of morpholine rings is 1. The Bertz CT molecular complexity index is 1030. The van der Waals surface area contributed by atoms with E-state index in [1.54, 1.807) is 33.6 Å². The van der Waals surface area contributed by atoms with Gasteiger partial charge in [-0.25, -0.2) is 0 Å². The van der Waals surface area contributed by atoms with Gasteiger partial charge in [-0.2, -0.15) is 0 Å². The number of nitrogens with zero attached hydrogens (tertiary/aromatic N) is 1. The SMILES string of the molecule is COC1=C2C3=C4CCCCC5C3(CCCC[C@@H]41)C1=C(CC(C)=C(N3CCOCC3)C1)C25OC. The second kappa shape index (κ2) is 7.24. The van der Waals surface area contributed by atoms with Crippen LogP contribution in [0.1, 0.15) is 71.1 Å². The Morgan fingerprint density at radius 2 is 1.76 bits per heavy atom. The fourth-order valence-electron chi connectivity index (χ4n) is 9.52. The summed E-state index contributed by atoms with van der Waals surface area (Å²) in [5, 5.41) is 0. The lowest BCUT2D eigenvalue weighted by atomic mass is 9.61. The molecule has 1 saturated carbocycles. The third-order valence-corrected chi connectivity index (χ3v) is 10.5. The highest BCUT2D eigenvalue weighted by atomic mass is 16.5. The van der Waals surface area contributed by atoms with Crippen molar-refractivity contribution in [3.8, 4) is 0 Å². The molecule has 33 heavy (non-hydrogen) atoms. The summed E-state index contributed by atoms with van der Waals surface area (Å²) >= 11 is 0. The number of methoxy groups -OCH3 is 2. The van der Waals surface area contributed by atoms with Gasteiger partial charge in [-0.05, 0) is 62.2 Å². The summed E-state index contributed by atoms with van der Waals surface area (Å²) in [6.45, 7) is 6.18. The van der Waals surface area contributed by atoms with Crippen molar-refractivity contribution in [3.63, 3.8) is 0 Å². The largest absolute Gasteiger partial charge is 0.500 e. The molecule has 2 fully saturated rings. The van der Waals surface area contributed by atoms with E-state index in [0.29, 0.717) is 11.8 Å². The molecule has 4 atom stereocenters. The monoisotopic (exact) mass is 449 g/mol. The number of rotatable bonds is 3. The van der Waals surface area contributed by atoms with E-state index >= 15 is 0 Å². The topological polar surface area (TPSA) is 30.9 Å². The van der Waals surface area contributed by atoms with Gasteiger partial charge in [0, 0.05) is 55.1 Å². The van der Waals surface area contributed by atoms with Crippen LogP contribution in [0.4, 0.5) is 0 Å². The highest BCUT2D eigenvalue weighted by Crippen LogP contribution is 2.78. The molecule has 1 aliphatic heterocycles. The lowest BCUT2D eigenvalue weighted by Crippen LogP contribution is -2.41. The van der Waals surface area contributed by atoms with Gasteiger partial charge in [0.1, 0.15) is 11.4 Å². The molecule has 178 valence electrons. The summed E-state index contributed by atoms with van der Waals surface area (Å²) in [7, 11) is 3.93. The van der Waals surface area contributed by atoms with Crippen LogP contribution in [-0.4, -0.2) is 51.0 Å². The van der Waals surface area contributed by atoms with Gasteiger partial charge in [-0.1, -0.05) is 30.4 Å². The molecule has 7 rings (SSSR count). The van der Waals surface area contributed by atoms with Gasteiger partial charge < -0.3 is 19.1 Å². The van der Waals surface area contributed by atoms with Crippen LogP contribution in [0.2, 0.25) is 0 Å². The standard InChI is InChI=1S/C29H39NO3/c1-18-16-22-21(17-23(18)30-12-14-33-15-13-30)28-11-7-6-9-20-19-8-4-5-10-24(28)29(22,32-3)26(25(19)28)27(20)31-2/h20,24H,4-17H2,1-3H3/t20-,24?,28?,29?/m0/s1. The molecular weight excluding hydrogens is 410 g/mol. The number of fused-ring (bicyclic) bond motifs is 2. The van der Waals surface area contributed by atoms with Gasteiger partial charge in [-0.15, -0.1) is 0 Å². The quantitative estimate of drug-likeness (QED) is 0.519. The van der Waals surface area contributed by atoms with Crippen LogP contribution in [-0.2, 0) is 14.2 Å². The zero-order valence-corrected chi connectivity index (χ0v) is 20.7. The maximum Gasteiger partial charge on any atom is 0.122 e. The minimum absolute atomic E-state index is 0.188. The van der Waals surface area contributed by atoms with Crippen molar-refractivity contribution in [1.82, 2.24) is 4.90 Å². The molecule has 0 aromatic rings. The third kappa shape index (κ3) is 2.35. The Kier molecular flexibility index (Phi) is 4.57. The first-order valence-electron chi connectivity index (χ1n) is 13.5. The Hall–Kier alpha value is -1.52. The molecular formula is C29H39NO3. The Balaban J connectivity index is 1.46. The fraction of sp³-hybridized carbons (Fsp3) is 0.724. The summed E-state index contributed by atoms with van der Waals surface area (Å²) in [6, 6.07) is 0. The van der Waals surface area contributed by atoms with E-state index in [-0.39, 0.29) is 11.0 Å². The maximum atomic E-state index is 6.83. The molecule has 0 radical (unpaired) electrons. The van der Waals surface area contributed by atoms with E-state index in [9.17, 15) is 0 Å². The number of hydrogen-bond acceptors (Lipinski definition) is 4. The molecule has 6 aliphatic carbocycles. The molecule has 0 amide bonds. The van der Waals surface area contributed by atoms with Crippen molar-refractivity contribution in [2.24, 2.45) is 17.3 Å². The van der Waals surface area contributed by atoms with Gasteiger partial charge in [0.05, 0.1) is 20.3 Å². The second-order valence-electron chi connectivity index (χ2n) is 11.5. The van der Waals surface area contributed by atoms with Crippen molar-refractivity contribution in [3.05, 3.63) is 44.9 Å². The maximum absolute atomic E-state index is 6.83. The number of hydrogen-bond donors (Lipinski definition) is 0. The molecule has 7 aliphatic rings. The summed E-state index contributed by atoms with van der Waals surface area (Å²) < 4.78 is 18.8. The van der Waals surface area contributed by atoms with E-state index in [4.69, 9.17) is 14.2 Å². The van der Waals surface area contributed by atoms with E-state index < -0.39 is 0 Å². The zero-order valence-electron chi connectivity index (χ0n) is 20.7. The molecule has 1 saturated heterocycles. The molecule has 0 aromatic heterocycles. The number of allylic oxidation sites excluding steroid dienone is 3. The van der Waals surface area contributed by atoms with Crippen molar-refractivity contribution < 1.29 is 14.2 Å². The Morgan fingerprint density at radius 1 is 0.939 bits per heavy atom. The van der Waals surface area contributed by atoms with Crippen LogP contribution in [0.3, 0.4) is 0 Å². The van der Waals surface area contributed by atoms with Gasteiger partial charge >= 0.3 is 0 Å². The summed E-state index contributed by atoms with van der Waals surface area (Å²) in [5.41, 5.74) is 11.4. The Morgan fingerprint density at radius 3 is 2.55 bits per heavy atom. The van der Waals surface area contributed by atoms with Crippen LogP contribution < -0.4 is 0 Å². The van der Waals surface area contributed by atoms with E-state index in [1.807, 2.05) is 14.2 Å². The first kappa shape index (κ1) is 20.8. The minimum Gasteiger partial charge on any atom is -0.500 e. The normalized spacial score (nSPS) is 39.8. The molecule has 3 unspecified atom stereocenters. The minimum atomic E-state index is -0.254. The molecule has 0 N–H and O–H groups in total. The van der Waals surface area contributed by atoms with Crippen LogP contribution >= 0.6 is 0 Å². The molecule has 1 heterocycles. The molecule has 6 bridgehead atoms. The van der Waals surface area contributed by atoms with Crippen LogP contribution in [0, 0.1) is 17.3 Å². The summed E-state index contributed by atoms with van der Waals surface area (Å²) in [6.07, 6.45) is 12.6. The smallest absolute Gasteiger partial charge is 0.122 e. The summed E-state index contributed by atoms with van der Waals surface area (Å²) in [4.78, 5) is 2.64. The highest BCUT2D eigenvalue weighted by Gasteiger charge is 2.74. The first-order chi connectivity index (χ1) is 16.2. The van der Waals surface area contributed by atoms with E-state index in [0.717, 1.165) is 39.1 Å². The molecule has 0 aromatic carbocycles. The van der Waals surface area contributed by atoms with Gasteiger partial charge in [-0.3, -0.25) is 0 Å². The van der Waals surface area contributed by atoms with Crippen LogP contribution in [0.15, 0.2) is 44.9 Å². The Labute approximate surface area is 198 Å². The van der Waals surface area contributed by atoms with Gasteiger partial charge in [0.2, 0.25) is 0 Å². The average molecular weight is 450 g/mol.